The zero-order valence-corrected chi connectivity index (χ0v) is 12.0. The van der Waals surface area contributed by atoms with Gasteiger partial charge in [0.15, 0.2) is 5.69 Å². The summed E-state index contributed by atoms with van der Waals surface area (Å²) >= 11 is 1.20. The first-order valence-corrected chi connectivity index (χ1v) is 6.67. The lowest BCUT2D eigenvalue weighted by molar-refractivity contribution is -0.141. The number of hydrogen-bond donors (Lipinski definition) is 1. The summed E-state index contributed by atoms with van der Waals surface area (Å²) in [5, 5.41) is 15.5. The smallest absolute Gasteiger partial charge is 0.306 e. The molecule has 0 aliphatic heterocycles. The molecule has 0 aromatic carbocycles. The second kappa shape index (κ2) is 5.13. The van der Waals surface area contributed by atoms with Crippen molar-refractivity contribution < 1.29 is 13.2 Å². The molecule has 2 aromatic heterocycles. The van der Waals surface area contributed by atoms with Crippen LogP contribution in [-0.4, -0.2) is 25.5 Å². The summed E-state index contributed by atoms with van der Waals surface area (Å²) < 4.78 is 38.5. The maximum absolute atomic E-state index is 12.5. The molecule has 0 saturated heterocycles. The maximum atomic E-state index is 12.5. The van der Waals surface area contributed by atoms with E-state index < -0.39 is 11.9 Å². The molecular weight excluding hydrogens is 291 g/mol. The number of rotatable bonds is 3. The Morgan fingerprint density at radius 1 is 1.25 bits per heavy atom. The third kappa shape index (κ3) is 3.76. The Bertz CT molecular complexity index is 581. The first kappa shape index (κ1) is 14.9. The van der Waals surface area contributed by atoms with Crippen molar-refractivity contribution >= 4 is 11.3 Å². The third-order valence-corrected chi connectivity index (χ3v) is 3.21. The van der Waals surface area contributed by atoms with Crippen LogP contribution in [0.4, 0.5) is 13.2 Å². The van der Waals surface area contributed by atoms with E-state index in [1.54, 1.807) is 0 Å². The van der Waals surface area contributed by atoms with E-state index in [0.29, 0.717) is 16.7 Å². The van der Waals surface area contributed by atoms with Crippen molar-refractivity contribution in [3.05, 3.63) is 23.0 Å². The molecule has 0 bridgehead atoms. The van der Waals surface area contributed by atoms with Gasteiger partial charge in [-0.2, -0.15) is 18.3 Å². The summed E-state index contributed by atoms with van der Waals surface area (Å²) in [6.07, 6.45) is -3.23. The van der Waals surface area contributed by atoms with Crippen LogP contribution in [0.5, 0.6) is 0 Å². The topological polar surface area (TPSA) is 55.6 Å². The largest absolute Gasteiger partial charge is 0.435 e. The SMILES string of the molecule is CC(C)(C)NCc1nnc(-n2ccc(C(F)(F)F)n2)s1. The van der Waals surface area contributed by atoms with Crippen molar-refractivity contribution in [2.75, 3.05) is 0 Å². The van der Waals surface area contributed by atoms with E-state index in [2.05, 4.69) is 20.6 Å². The maximum Gasteiger partial charge on any atom is 0.435 e. The van der Waals surface area contributed by atoms with Crippen molar-refractivity contribution in [2.24, 2.45) is 0 Å². The van der Waals surface area contributed by atoms with Crippen LogP contribution in [0.25, 0.3) is 5.13 Å². The highest BCUT2D eigenvalue weighted by molar-refractivity contribution is 7.13. The molecule has 20 heavy (non-hydrogen) atoms. The van der Waals surface area contributed by atoms with Gasteiger partial charge in [0.2, 0.25) is 5.13 Å². The summed E-state index contributed by atoms with van der Waals surface area (Å²) in [7, 11) is 0. The number of nitrogens with zero attached hydrogens (tertiary/aromatic N) is 4. The Morgan fingerprint density at radius 3 is 2.50 bits per heavy atom. The van der Waals surface area contributed by atoms with E-state index in [0.717, 1.165) is 10.7 Å². The molecule has 110 valence electrons. The van der Waals surface area contributed by atoms with Crippen LogP contribution in [0.2, 0.25) is 0 Å². The molecule has 5 nitrogen and oxygen atoms in total. The van der Waals surface area contributed by atoms with Gasteiger partial charge in [0.25, 0.3) is 0 Å². The minimum absolute atomic E-state index is 0.0685. The lowest BCUT2D eigenvalue weighted by atomic mass is 10.1. The fourth-order valence-corrected chi connectivity index (χ4v) is 2.04. The van der Waals surface area contributed by atoms with Crippen LogP contribution >= 0.6 is 11.3 Å². The third-order valence-electron chi connectivity index (χ3n) is 2.30. The van der Waals surface area contributed by atoms with E-state index in [1.807, 2.05) is 20.8 Å². The molecule has 0 radical (unpaired) electrons. The van der Waals surface area contributed by atoms with Gasteiger partial charge in [0.1, 0.15) is 5.01 Å². The molecule has 1 N–H and O–H groups in total. The zero-order valence-electron chi connectivity index (χ0n) is 11.2. The predicted octanol–water partition coefficient (Wildman–Crippen LogP) is 2.63. The van der Waals surface area contributed by atoms with Crippen LogP contribution in [-0.2, 0) is 12.7 Å². The Balaban J connectivity index is 2.11. The fourth-order valence-electron chi connectivity index (χ4n) is 1.33. The number of nitrogens with one attached hydrogen (secondary N) is 1. The van der Waals surface area contributed by atoms with Gasteiger partial charge in [0, 0.05) is 11.7 Å². The lowest BCUT2D eigenvalue weighted by Gasteiger charge is -2.19. The van der Waals surface area contributed by atoms with E-state index in [4.69, 9.17) is 0 Å². The molecule has 2 aromatic rings. The zero-order chi connectivity index (χ0) is 15.0. The molecule has 2 rings (SSSR count). The molecular formula is C11H14F3N5S. The molecule has 0 atom stereocenters. The molecule has 0 fully saturated rings. The molecule has 0 unspecified atom stereocenters. The van der Waals surface area contributed by atoms with Gasteiger partial charge in [-0.1, -0.05) is 11.3 Å². The predicted molar refractivity (Wildman–Crippen MR) is 68.6 cm³/mol. The summed E-state index contributed by atoms with van der Waals surface area (Å²) in [5.74, 6) is 0. The standard InChI is InChI=1S/C11H14F3N5S/c1-10(2,3)15-6-8-16-17-9(20-8)19-5-4-7(18-19)11(12,13)14/h4-5,15H,6H2,1-3H3. The summed E-state index contributed by atoms with van der Waals surface area (Å²) in [4.78, 5) is 0. The van der Waals surface area contributed by atoms with Gasteiger partial charge < -0.3 is 5.32 Å². The van der Waals surface area contributed by atoms with Gasteiger partial charge in [-0.3, -0.25) is 0 Å². The van der Waals surface area contributed by atoms with E-state index in [9.17, 15) is 13.2 Å². The highest BCUT2D eigenvalue weighted by Gasteiger charge is 2.33. The molecule has 0 aliphatic carbocycles. The van der Waals surface area contributed by atoms with Crippen LogP contribution in [0.1, 0.15) is 31.5 Å². The quantitative estimate of drug-likeness (QED) is 0.947. The van der Waals surface area contributed by atoms with Crippen molar-refractivity contribution in [1.29, 1.82) is 0 Å². The van der Waals surface area contributed by atoms with Crippen molar-refractivity contribution in [1.82, 2.24) is 25.3 Å². The number of hydrogen-bond acceptors (Lipinski definition) is 5. The van der Waals surface area contributed by atoms with Gasteiger partial charge in [0.05, 0.1) is 6.54 Å². The Labute approximate surface area is 117 Å². The molecule has 9 heteroatoms. The molecule has 0 aliphatic rings. The monoisotopic (exact) mass is 305 g/mol. The van der Waals surface area contributed by atoms with E-state index >= 15 is 0 Å². The number of aromatic nitrogens is 4. The highest BCUT2D eigenvalue weighted by Crippen LogP contribution is 2.28. The molecule has 0 saturated carbocycles. The lowest BCUT2D eigenvalue weighted by Crippen LogP contribution is -2.35. The average molecular weight is 305 g/mol. The van der Waals surface area contributed by atoms with Crippen LogP contribution < -0.4 is 5.32 Å². The van der Waals surface area contributed by atoms with Gasteiger partial charge in [-0.05, 0) is 26.8 Å². The van der Waals surface area contributed by atoms with Crippen molar-refractivity contribution in [3.8, 4) is 5.13 Å². The average Bonchev–Trinajstić information content (AvgIpc) is 2.93. The van der Waals surface area contributed by atoms with Gasteiger partial charge in [-0.25, -0.2) is 4.68 Å². The second-order valence-electron chi connectivity index (χ2n) is 5.23. The molecule has 0 spiro atoms. The summed E-state index contributed by atoms with van der Waals surface area (Å²) in [5.41, 5.74) is -1.01. The van der Waals surface area contributed by atoms with Crippen LogP contribution in [0.3, 0.4) is 0 Å². The van der Waals surface area contributed by atoms with Crippen molar-refractivity contribution in [2.45, 2.75) is 39.0 Å². The fraction of sp³-hybridized carbons (Fsp3) is 0.545. The number of alkyl halides is 3. The summed E-state index contributed by atoms with van der Waals surface area (Å²) in [6.45, 7) is 6.54. The minimum atomic E-state index is -4.45. The van der Waals surface area contributed by atoms with Crippen molar-refractivity contribution in [3.63, 3.8) is 0 Å². The van der Waals surface area contributed by atoms with E-state index in [1.165, 1.54) is 17.5 Å². The van der Waals surface area contributed by atoms with Crippen LogP contribution in [0, 0.1) is 0 Å². The first-order chi connectivity index (χ1) is 9.15. The van der Waals surface area contributed by atoms with E-state index in [-0.39, 0.29) is 5.54 Å². The normalized spacial score (nSPS) is 12.9. The Hall–Kier alpha value is -1.48. The second-order valence-corrected chi connectivity index (χ2v) is 6.27. The Morgan fingerprint density at radius 2 is 1.95 bits per heavy atom. The molecule has 2 heterocycles. The molecule has 0 amide bonds. The highest BCUT2D eigenvalue weighted by atomic mass is 32.1. The van der Waals surface area contributed by atoms with Gasteiger partial charge in [-0.15, -0.1) is 10.2 Å². The summed E-state index contributed by atoms with van der Waals surface area (Å²) in [6, 6.07) is 0.911. The number of halogens is 3. The first-order valence-electron chi connectivity index (χ1n) is 5.86. The van der Waals surface area contributed by atoms with Gasteiger partial charge >= 0.3 is 6.18 Å². The van der Waals surface area contributed by atoms with Crippen LogP contribution in [0.15, 0.2) is 12.3 Å². The Kier molecular flexibility index (Phi) is 3.83. The minimum Gasteiger partial charge on any atom is -0.306 e.